The number of amides is 1. The molecule has 2 N–H and O–H groups in total. The lowest BCUT2D eigenvalue weighted by Gasteiger charge is -2.34. The standard InChI is InChI=1S/C13H19FN2O/c1-9-7-10(5-6-11(9)14)12(17)16(4)13(2,3)8-15/h5-7H,8,15H2,1-4H3. The zero-order chi connectivity index (χ0) is 13.2. The fraction of sp³-hybridized carbons (Fsp3) is 0.462. The van der Waals surface area contributed by atoms with Crippen molar-refractivity contribution in [2.75, 3.05) is 13.6 Å². The molecular formula is C13H19FN2O. The van der Waals surface area contributed by atoms with Gasteiger partial charge in [0.2, 0.25) is 0 Å². The Balaban J connectivity index is 3.01. The van der Waals surface area contributed by atoms with Crippen LogP contribution in [0.1, 0.15) is 29.8 Å². The highest BCUT2D eigenvalue weighted by Crippen LogP contribution is 2.16. The fourth-order valence-electron chi connectivity index (χ4n) is 1.38. The van der Waals surface area contributed by atoms with Gasteiger partial charge in [-0.15, -0.1) is 0 Å². The van der Waals surface area contributed by atoms with Gasteiger partial charge < -0.3 is 10.6 Å². The molecule has 3 nitrogen and oxygen atoms in total. The molecule has 0 heterocycles. The normalized spacial score (nSPS) is 11.4. The summed E-state index contributed by atoms with van der Waals surface area (Å²) in [5.74, 6) is -0.453. The highest BCUT2D eigenvalue weighted by Gasteiger charge is 2.26. The predicted octanol–water partition coefficient (Wildman–Crippen LogP) is 1.94. The van der Waals surface area contributed by atoms with Crippen molar-refractivity contribution >= 4 is 5.91 Å². The van der Waals surface area contributed by atoms with E-state index in [-0.39, 0.29) is 11.7 Å². The summed E-state index contributed by atoms with van der Waals surface area (Å²) in [5.41, 5.74) is 6.15. The molecule has 0 bridgehead atoms. The third-order valence-electron chi connectivity index (χ3n) is 3.12. The summed E-state index contributed by atoms with van der Waals surface area (Å²) >= 11 is 0. The molecule has 0 aromatic heterocycles. The fourth-order valence-corrected chi connectivity index (χ4v) is 1.38. The highest BCUT2D eigenvalue weighted by atomic mass is 19.1. The maximum Gasteiger partial charge on any atom is 0.254 e. The Morgan fingerprint density at radius 2 is 2.06 bits per heavy atom. The van der Waals surface area contributed by atoms with Crippen LogP contribution in [0, 0.1) is 12.7 Å². The van der Waals surface area contributed by atoms with Gasteiger partial charge in [0.25, 0.3) is 5.91 Å². The topological polar surface area (TPSA) is 46.3 Å². The first-order chi connectivity index (χ1) is 7.79. The second kappa shape index (κ2) is 4.84. The smallest absolute Gasteiger partial charge is 0.254 e. The van der Waals surface area contributed by atoms with Gasteiger partial charge in [-0.05, 0) is 44.5 Å². The Morgan fingerprint density at radius 1 is 1.47 bits per heavy atom. The van der Waals surface area contributed by atoms with Crippen molar-refractivity contribution in [1.82, 2.24) is 4.90 Å². The minimum atomic E-state index is -0.417. The minimum Gasteiger partial charge on any atom is -0.335 e. The van der Waals surface area contributed by atoms with Crippen molar-refractivity contribution in [2.24, 2.45) is 5.73 Å². The molecule has 1 aromatic carbocycles. The van der Waals surface area contributed by atoms with Crippen molar-refractivity contribution in [3.63, 3.8) is 0 Å². The van der Waals surface area contributed by atoms with Crippen LogP contribution >= 0.6 is 0 Å². The number of nitrogens with two attached hydrogens (primary N) is 1. The minimum absolute atomic E-state index is 0.149. The van der Waals surface area contributed by atoms with Crippen LogP contribution in [0.25, 0.3) is 0 Å². The number of benzene rings is 1. The van der Waals surface area contributed by atoms with Crippen LogP contribution in [-0.2, 0) is 0 Å². The van der Waals surface area contributed by atoms with Gasteiger partial charge >= 0.3 is 0 Å². The molecule has 0 saturated heterocycles. The lowest BCUT2D eigenvalue weighted by molar-refractivity contribution is 0.0640. The Kier molecular flexibility index (Phi) is 3.88. The maximum absolute atomic E-state index is 13.1. The molecule has 0 radical (unpaired) electrons. The molecule has 0 aliphatic carbocycles. The van der Waals surface area contributed by atoms with Gasteiger partial charge in [0.1, 0.15) is 5.82 Å². The SMILES string of the molecule is Cc1cc(C(=O)N(C)C(C)(C)CN)ccc1F. The van der Waals surface area contributed by atoms with Gasteiger partial charge in [-0.2, -0.15) is 0 Å². The number of hydrogen-bond donors (Lipinski definition) is 1. The molecule has 0 spiro atoms. The highest BCUT2D eigenvalue weighted by molar-refractivity contribution is 5.94. The third-order valence-corrected chi connectivity index (χ3v) is 3.12. The quantitative estimate of drug-likeness (QED) is 0.874. The van der Waals surface area contributed by atoms with Gasteiger partial charge in [-0.3, -0.25) is 4.79 Å². The number of rotatable bonds is 3. The molecule has 0 atom stereocenters. The lowest BCUT2D eigenvalue weighted by atomic mass is 10.0. The Bertz CT molecular complexity index is 429. The van der Waals surface area contributed by atoms with Crippen LogP contribution in [0.3, 0.4) is 0 Å². The van der Waals surface area contributed by atoms with Gasteiger partial charge in [0, 0.05) is 24.7 Å². The number of carbonyl (C=O) groups is 1. The summed E-state index contributed by atoms with van der Waals surface area (Å²) in [6, 6.07) is 4.36. The van der Waals surface area contributed by atoms with E-state index >= 15 is 0 Å². The van der Waals surface area contributed by atoms with E-state index in [1.165, 1.54) is 12.1 Å². The van der Waals surface area contributed by atoms with Crippen LogP contribution in [0.4, 0.5) is 4.39 Å². The average molecular weight is 238 g/mol. The van der Waals surface area contributed by atoms with E-state index < -0.39 is 5.54 Å². The summed E-state index contributed by atoms with van der Waals surface area (Å²) in [4.78, 5) is 13.7. The van der Waals surface area contributed by atoms with E-state index in [2.05, 4.69) is 0 Å². The molecule has 0 saturated carbocycles. The van der Waals surface area contributed by atoms with Crippen LogP contribution in [0.15, 0.2) is 18.2 Å². The first kappa shape index (κ1) is 13.6. The van der Waals surface area contributed by atoms with Crippen LogP contribution in [-0.4, -0.2) is 29.9 Å². The van der Waals surface area contributed by atoms with Gasteiger partial charge in [0.05, 0.1) is 0 Å². The molecule has 1 amide bonds. The Morgan fingerprint density at radius 3 is 2.53 bits per heavy atom. The molecule has 0 fully saturated rings. The van der Waals surface area contributed by atoms with Crippen LogP contribution in [0.5, 0.6) is 0 Å². The number of halogens is 1. The Labute approximate surface area is 101 Å². The van der Waals surface area contributed by atoms with E-state index in [9.17, 15) is 9.18 Å². The van der Waals surface area contributed by atoms with E-state index in [1.54, 1.807) is 24.9 Å². The summed E-state index contributed by atoms with van der Waals surface area (Å²) < 4.78 is 13.1. The average Bonchev–Trinajstić information content (AvgIpc) is 2.30. The summed E-state index contributed by atoms with van der Waals surface area (Å²) in [6.07, 6.45) is 0. The van der Waals surface area contributed by atoms with Gasteiger partial charge in [0.15, 0.2) is 0 Å². The molecule has 4 heteroatoms. The van der Waals surface area contributed by atoms with Crippen molar-refractivity contribution in [3.8, 4) is 0 Å². The van der Waals surface area contributed by atoms with E-state index in [0.29, 0.717) is 17.7 Å². The lowest BCUT2D eigenvalue weighted by Crippen LogP contribution is -2.50. The maximum atomic E-state index is 13.1. The zero-order valence-corrected chi connectivity index (χ0v) is 10.7. The molecule has 94 valence electrons. The second-order valence-corrected chi connectivity index (χ2v) is 4.84. The molecule has 1 aromatic rings. The first-order valence-corrected chi connectivity index (χ1v) is 5.54. The second-order valence-electron chi connectivity index (χ2n) is 4.84. The third kappa shape index (κ3) is 2.82. The molecule has 0 aliphatic heterocycles. The van der Waals surface area contributed by atoms with E-state index in [1.807, 2.05) is 13.8 Å². The molecular weight excluding hydrogens is 219 g/mol. The number of nitrogens with zero attached hydrogens (tertiary/aromatic N) is 1. The van der Waals surface area contributed by atoms with E-state index in [4.69, 9.17) is 5.73 Å². The number of likely N-dealkylation sites (N-methyl/N-ethyl adjacent to an activating group) is 1. The van der Waals surface area contributed by atoms with Crippen molar-refractivity contribution in [2.45, 2.75) is 26.3 Å². The summed E-state index contributed by atoms with van der Waals surface area (Å²) in [6.45, 7) is 5.79. The molecule has 1 rings (SSSR count). The predicted molar refractivity (Wildman–Crippen MR) is 66.4 cm³/mol. The van der Waals surface area contributed by atoms with E-state index in [0.717, 1.165) is 0 Å². The Hall–Kier alpha value is -1.42. The zero-order valence-electron chi connectivity index (χ0n) is 10.7. The largest absolute Gasteiger partial charge is 0.335 e. The van der Waals surface area contributed by atoms with Crippen LogP contribution in [0.2, 0.25) is 0 Å². The molecule has 17 heavy (non-hydrogen) atoms. The van der Waals surface area contributed by atoms with Gasteiger partial charge in [-0.25, -0.2) is 4.39 Å². The molecule has 0 unspecified atom stereocenters. The van der Waals surface area contributed by atoms with Crippen molar-refractivity contribution < 1.29 is 9.18 Å². The summed E-state index contributed by atoms with van der Waals surface area (Å²) in [5, 5.41) is 0. The first-order valence-electron chi connectivity index (χ1n) is 5.54. The number of aryl methyl sites for hydroxylation is 1. The number of hydrogen-bond acceptors (Lipinski definition) is 2. The number of carbonyl (C=O) groups excluding carboxylic acids is 1. The van der Waals surface area contributed by atoms with Crippen molar-refractivity contribution in [1.29, 1.82) is 0 Å². The summed E-state index contributed by atoms with van der Waals surface area (Å²) in [7, 11) is 1.70. The van der Waals surface area contributed by atoms with Crippen molar-refractivity contribution in [3.05, 3.63) is 35.1 Å². The monoisotopic (exact) mass is 238 g/mol. The van der Waals surface area contributed by atoms with Gasteiger partial charge in [-0.1, -0.05) is 0 Å². The molecule has 0 aliphatic rings. The van der Waals surface area contributed by atoms with Crippen LogP contribution < -0.4 is 5.73 Å².